The van der Waals surface area contributed by atoms with Gasteiger partial charge in [0.15, 0.2) is 0 Å². The van der Waals surface area contributed by atoms with E-state index in [0.29, 0.717) is 53.2 Å². The smallest absolute Gasteiger partial charge is 0.258 e. The van der Waals surface area contributed by atoms with Gasteiger partial charge in [0, 0.05) is 29.2 Å². The highest BCUT2D eigenvalue weighted by Gasteiger charge is 2.41. The fourth-order valence-corrected chi connectivity index (χ4v) is 6.03. The summed E-state index contributed by atoms with van der Waals surface area (Å²) in [5.41, 5.74) is 5.04. The van der Waals surface area contributed by atoms with Crippen molar-refractivity contribution in [2.45, 2.75) is 91.6 Å². The van der Waals surface area contributed by atoms with Crippen molar-refractivity contribution in [2.75, 3.05) is 6.61 Å². The van der Waals surface area contributed by atoms with Crippen LogP contribution >= 0.6 is 0 Å². The minimum atomic E-state index is -1.44. The second kappa shape index (κ2) is 9.93. The summed E-state index contributed by atoms with van der Waals surface area (Å²) >= 11 is 0. The van der Waals surface area contributed by atoms with Gasteiger partial charge < -0.3 is 19.1 Å². The lowest BCUT2D eigenvalue weighted by atomic mass is 9.84. The van der Waals surface area contributed by atoms with Crippen LogP contribution in [0.3, 0.4) is 0 Å². The van der Waals surface area contributed by atoms with E-state index in [2.05, 4.69) is 13.5 Å². The van der Waals surface area contributed by atoms with Crippen molar-refractivity contribution in [1.82, 2.24) is 9.55 Å². The van der Waals surface area contributed by atoms with Crippen molar-refractivity contribution in [3.05, 3.63) is 74.0 Å². The molecule has 7 heteroatoms. The molecule has 1 atom stereocenters. The molecule has 1 aromatic carbocycles. The Labute approximate surface area is 223 Å². The Kier molecular flexibility index (Phi) is 6.95. The number of fused-ring (bicyclic) bond motifs is 5. The zero-order valence-electron chi connectivity index (χ0n) is 23.0. The quantitative estimate of drug-likeness (QED) is 0.296. The molecule has 6 nitrogen and oxygen atoms in total. The van der Waals surface area contributed by atoms with E-state index < -0.39 is 5.60 Å². The molecule has 0 aliphatic carbocycles. The van der Waals surface area contributed by atoms with E-state index in [-0.39, 0.29) is 29.8 Å². The Morgan fingerprint density at radius 1 is 1.24 bits per heavy atom. The number of aryl methyl sites for hydroxylation is 2. The lowest BCUT2D eigenvalue weighted by Crippen LogP contribution is -2.38. The van der Waals surface area contributed by atoms with Crippen molar-refractivity contribution in [2.24, 2.45) is 0 Å². The van der Waals surface area contributed by atoms with E-state index in [0.717, 1.165) is 47.8 Å². The Morgan fingerprint density at radius 2 is 2.00 bits per heavy atom. The predicted molar refractivity (Wildman–Crippen MR) is 147 cm³/mol. The Hall–Kier alpha value is -3.03. The maximum atomic E-state index is 15.2. The van der Waals surface area contributed by atoms with Gasteiger partial charge >= 0.3 is 0 Å². The number of rotatable bonds is 8. The standard InChI is InChI=1S/C31H37FN2O4/c1-7-20-22-15-34-27(13-24-23(30(34)35)16-38-19(6)31(24,36)8-2)29(22)33-26-14-25(32)18(5)21(28(20)26)11-9-10-12-37-17(3)4/h13-14,17,36H,6-12,15-16H2,1-5H3/t31-/m1/s1. The number of halogens is 1. The molecule has 4 heterocycles. The molecule has 5 rings (SSSR count). The van der Waals surface area contributed by atoms with Gasteiger partial charge in [-0.1, -0.05) is 20.4 Å². The van der Waals surface area contributed by atoms with Gasteiger partial charge in [-0.25, -0.2) is 9.37 Å². The molecule has 2 aromatic heterocycles. The van der Waals surface area contributed by atoms with Crippen LogP contribution in [0.25, 0.3) is 22.3 Å². The molecule has 0 spiro atoms. The molecule has 38 heavy (non-hydrogen) atoms. The molecule has 0 fully saturated rings. The zero-order valence-corrected chi connectivity index (χ0v) is 23.0. The Balaban J connectivity index is 1.66. The van der Waals surface area contributed by atoms with E-state index in [4.69, 9.17) is 14.5 Å². The summed E-state index contributed by atoms with van der Waals surface area (Å²) in [6, 6.07) is 3.38. The van der Waals surface area contributed by atoms with E-state index >= 15 is 4.39 Å². The molecule has 0 radical (unpaired) electrons. The number of pyridine rings is 2. The highest BCUT2D eigenvalue weighted by Crippen LogP contribution is 2.43. The van der Waals surface area contributed by atoms with Crippen molar-refractivity contribution >= 4 is 10.9 Å². The number of aliphatic hydroxyl groups is 1. The maximum absolute atomic E-state index is 15.2. The summed E-state index contributed by atoms with van der Waals surface area (Å²) in [6.07, 6.45) is 3.78. The highest BCUT2D eigenvalue weighted by atomic mass is 19.1. The van der Waals surface area contributed by atoms with Crippen molar-refractivity contribution in [1.29, 1.82) is 0 Å². The number of hydrogen-bond donors (Lipinski definition) is 1. The van der Waals surface area contributed by atoms with Crippen LogP contribution in [-0.2, 0) is 41.1 Å². The minimum absolute atomic E-state index is 0.0804. The van der Waals surface area contributed by atoms with Gasteiger partial charge in [-0.3, -0.25) is 4.79 Å². The molecule has 2 aliphatic rings. The first-order valence-electron chi connectivity index (χ1n) is 13.7. The highest BCUT2D eigenvalue weighted by molar-refractivity contribution is 5.91. The Morgan fingerprint density at radius 3 is 2.68 bits per heavy atom. The summed E-state index contributed by atoms with van der Waals surface area (Å²) in [4.78, 5) is 18.6. The second-order valence-corrected chi connectivity index (χ2v) is 10.7. The van der Waals surface area contributed by atoms with Crippen LogP contribution in [0.1, 0.15) is 80.3 Å². The van der Waals surface area contributed by atoms with Crippen LogP contribution in [0.5, 0.6) is 0 Å². The normalized spacial score (nSPS) is 18.1. The Bertz CT molecular complexity index is 1510. The summed E-state index contributed by atoms with van der Waals surface area (Å²) < 4.78 is 28.2. The molecule has 2 aliphatic heterocycles. The summed E-state index contributed by atoms with van der Waals surface area (Å²) in [7, 11) is 0. The number of unbranched alkanes of at least 4 members (excludes halogenated alkanes) is 1. The summed E-state index contributed by atoms with van der Waals surface area (Å²) in [5.74, 6) is -0.0214. The molecule has 1 N–H and O–H groups in total. The lowest BCUT2D eigenvalue weighted by molar-refractivity contribution is -0.0172. The van der Waals surface area contributed by atoms with Gasteiger partial charge in [0.2, 0.25) is 0 Å². The largest absolute Gasteiger partial charge is 0.490 e. The molecule has 0 amide bonds. The zero-order chi connectivity index (χ0) is 27.4. The summed E-state index contributed by atoms with van der Waals surface area (Å²) in [6.45, 7) is 14.9. The van der Waals surface area contributed by atoms with Crippen LogP contribution in [0.2, 0.25) is 0 Å². The average molecular weight is 521 g/mol. The third kappa shape index (κ3) is 4.07. The van der Waals surface area contributed by atoms with Gasteiger partial charge in [-0.15, -0.1) is 0 Å². The van der Waals surface area contributed by atoms with Crippen LogP contribution in [0, 0.1) is 12.7 Å². The molecule has 0 unspecified atom stereocenters. The number of benzene rings is 1. The fraction of sp³-hybridized carbons (Fsp3) is 0.484. The topological polar surface area (TPSA) is 73.6 Å². The monoisotopic (exact) mass is 520 g/mol. The molecular formula is C31H37FN2O4. The lowest BCUT2D eigenvalue weighted by Gasteiger charge is -2.35. The van der Waals surface area contributed by atoms with Crippen LogP contribution in [-0.4, -0.2) is 27.4 Å². The second-order valence-electron chi connectivity index (χ2n) is 10.7. The molecule has 0 saturated heterocycles. The number of aromatic nitrogens is 2. The van der Waals surface area contributed by atoms with Gasteiger partial charge in [-0.05, 0) is 75.6 Å². The molecule has 0 saturated carbocycles. The third-order valence-electron chi connectivity index (χ3n) is 8.21. The van der Waals surface area contributed by atoms with E-state index in [1.54, 1.807) is 4.57 Å². The first-order chi connectivity index (χ1) is 18.1. The molecule has 0 bridgehead atoms. The van der Waals surface area contributed by atoms with Crippen molar-refractivity contribution < 1.29 is 19.0 Å². The van der Waals surface area contributed by atoms with Crippen LogP contribution < -0.4 is 5.56 Å². The van der Waals surface area contributed by atoms with E-state index in [9.17, 15) is 9.90 Å². The van der Waals surface area contributed by atoms with Gasteiger partial charge in [-0.2, -0.15) is 0 Å². The van der Waals surface area contributed by atoms with Gasteiger partial charge in [0.1, 0.15) is 23.8 Å². The van der Waals surface area contributed by atoms with Crippen molar-refractivity contribution in [3.8, 4) is 11.4 Å². The molecule has 202 valence electrons. The number of nitrogens with zero attached hydrogens (tertiary/aromatic N) is 2. The molecular weight excluding hydrogens is 483 g/mol. The third-order valence-corrected chi connectivity index (χ3v) is 8.21. The van der Waals surface area contributed by atoms with E-state index in [1.807, 2.05) is 33.8 Å². The predicted octanol–water partition coefficient (Wildman–Crippen LogP) is 5.82. The number of hydrogen-bond acceptors (Lipinski definition) is 5. The first-order valence-corrected chi connectivity index (χ1v) is 13.7. The average Bonchev–Trinajstić information content (AvgIpc) is 3.25. The van der Waals surface area contributed by atoms with Crippen LogP contribution in [0.4, 0.5) is 4.39 Å². The van der Waals surface area contributed by atoms with E-state index in [1.165, 1.54) is 6.07 Å². The number of ether oxygens (including phenoxy) is 2. The fourth-order valence-electron chi connectivity index (χ4n) is 6.03. The summed E-state index contributed by atoms with van der Waals surface area (Å²) in [5, 5.41) is 12.4. The van der Waals surface area contributed by atoms with Crippen molar-refractivity contribution in [3.63, 3.8) is 0 Å². The SMILES string of the molecule is C=C1OCc2c(cc3n(c2=O)Cc2c-3nc3cc(F)c(C)c(CCCCOC(C)C)c3c2CC)[C@@]1(O)CC. The van der Waals surface area contributed by atoms with Gasteiger partial charge in [0.25, 0.3) is 5.56 Å². The minimum Gasteiger partial charge on any atom is -0.490 e. The maximum Gasteiger partial charge on any atom is 0.258 e. The first kappa shape index (κ1) is 26.6. The van der Waals surface area contributed by atoms with Crippen LogP contribution in [0.15, 0.2) is 29.3 Å². The molecule has 3 aromatic rings. The van der Waals surface area contributed by atoms with Gasteiger partial charge in [0.05, 0.1) is 35.1 Å².